The van der Waals surface area contributed by atoms with Crippen molar-refractivity contribution in [2.75, 3.05) is 20.2 Å². The first-order chi connectivity index (χ1) is 6.77. The molecule has 1 amide bonds. The number of rotatable bonds is 5. The van der Waals surface area contributed by atoms with Crippen LogP contribution in [0.5, 0.6) is 0 Å². The average molecular weight is 200 g/mol. The summed E-state index contributed by atoms with van der Waals surface area (Å²) in [5, 5.41) is 5.82. The van der Waals surface area contributed by atoms with Crippen LogP contribution in [0.3, 0.4) is 0 Å². The van der Waals surface area contributed by atoms with E-state index in [1.807, 2.05) is 0 Å². The molecule has 2 atom stereocenters. The Labute approximate surface area is 85.4 Å². The highest BCUT2D eigenvalue weighted by molar-refractivity contribution is 5.78. The lowest BCUT2D eigenvalue weighted by Crippen LogP contribution is -2.45. The summed E-state index contributed by atoms with van der Waals surface area (Å²) in [6.45, 7) is 3.29. The maximum atomic E-state index is 11.3. The number of likely N-dealkylation sites (N-methyl/N-ethyl adjacent to an activating group) is 1. The van der Waals surface area contributed by atoms with E-state index in [0.717, 1.165) is 25.9 Å². The fraction of sp³-hybridized carbons (Fsp3) is 0.900. The summed E-state index contributed by atoms with van der Waals surface area (Å²) in [4.78, 5) is 11.3. The molecule has 0 radical (unpaired) electrons. The van der Waals surface area contributed by atoms with Crippen molar-refractivity contribution in [3.63, 3.8) is 0 Å². The van der Waals surface area contributed by atoms with Crippen LogP contribution < -0.4 is 10.6 Å². The lowest BCUT2D eigenvalue weighted by atomic mass is 10.1. The van der Waals surface area contributed by atoms with Crippen LogP contribution in [0, 0.1) is 0 Å². The van der Waals surface area contributed by atoms with E-state index in [2.05, 4.69) is 17.6 Å². The van der Waals surface area contributed by atoms with E-state index >= 15 is 0 Å². The predicted molar refractivity (Wildman–Crippen MR) is 55.1 cm³/mol. The van der Waals surface area contributed by atoms with Crippen LogP contribution in [-0.4, -0.2) is 38.3 Å². The molecule has 4 heteroatoms. The molecule has 0 spiro atoms. The first kappa shape index (κ1) is 11.5. The van der Waals surface area contributed by atoms with Gasteiger partial charge in [0.1, 0.15) is 0 Å². The highest BCUT2D eigenvalue weighted by Gasteiger charge is 2.25. The fourth-order valence-electron chi connectivity index (χ4n) is 1.80. The molecule has 0 bridgehead atoms. The molecular weight excluding hydrogens is 180 g/mol. The van der Waals surface area contributed by atoms with Gasteiger partial charge in [-0.25, -0.2) is 0 Å². The SMILES string of the molecule is CCC(NC(=O)CNC)C1CCCO1. The summed E-state index contributed by atoms with van der Waals surface area (Å²) < 4.78 is 5.55. The number of nitrogens with one attached hydrogen (secondary N) is 2. The van der Waals surface area contributed by atoms with Gasteiger partial charge in [-0.3, -0.25) is 4.79 Å². The second-order valence-electron chi connectivity index (χ2n) is 3.66. The van der Waals surface area contributed by atoms with Gasteiger partial charge in [-0.15, -0.1) is 0 Å². The van der Waals surface area contributed by atoms with Crippen LogP contribution in [0.2, 0.25) is 0 Å². The number of ether oxygens (including phenoxy) is 1. The summed E-state index contributed by atoms with van der Waals surface area (Å²) in [5.74, 6) is 0.0508. The third kappa shape index (κ3) is 3.27. The first-order valence-electron chi connectivity index (χ1n) is 5.33. The molecule has 1 heterocycles. The molecular formula is C10H20N2O2. The largest absolute Gasteiger partial charge is 0.376 e. The number of hydrogen-bond acceptors (Lipinski definition) is 3. The van der Waals surface area contributed by atoms with E-state index in [4.69, 9.17) is 4.74 Å². The Balaban J connectivity index is 2.33. The molecule has 4 nitrogen and oxygen atoms in total. The third-order valence-electron chi connectivity index (χ3n) is 2.54. The molecule has 0 saturated carbocycles. The van der Waals surface area contributed by atoms with Crippen molar-refractivity contribution in [3.8, 4) is 0 Å². The first-order valence-corrected chi connectivity index (χ1v) is 5.33. The van der Waals surface area contributed by atoms with Crippen LogP contribution in [0.1, 0.15) is 26.2 Å². The van der Waals surface area contributed by atoms with Crippen LogP contribution >= 0.6 is 0 Å². The fourth-order valence-corrected chi connectivity index (χ4v) is 1.80. The summed E-state index contributed by atoms with van der Waals surface area (Å²) >= 11 is 0. The molecule has 2 unspecified atom stereocenters. The number of carbonyl (C=O) groups is 1. The molecule has 14 heavy (non-hydrogen) atoms. The van der Waals surface area contributed by atoms with E-state index < -0.39 is 0 Å². The summed E-state index contributed by atoms with van der Waals surface area (Å²) in [6.07, 6.45) is 3.34. The number of carbonyl (C=O) groups excluding carboxylic acids is 1. The quantitative estimate of drug-likeness (QED) is 0.670. The zero-order valence-corrected chi connectivity index (χ0v) is 9.01. The van der Waals surface area contributed by atoms with E-state index in [-0.39, 0.29) is 18.1 Å². The minimum Gasteiger partial charge on any atom is -0.376 e. The molecule has 1 saturated heterocycles. The standard InChI is InChI=1S/C10H20N2O2/c1-3-8(9-5-4-6-14-9)12-10(13)7-11-2/h8-9,11H,3-7H2,1-2H3,(H,12,13). The van der Waals surface area contributed by atoms with Crippen molar-refractivity contribution in [2.24, 2.45) is 0 Å². The van der Waals surface area contributed by atoms with E-state index in [1.165, 1.54) is 0 Å². The normalized spacial score (nSPS) is 23.4. The van der Waals surface area contributed by atoms with Crippen molar-refractivity contribution in [2.45, 2.75) is 38.3 Å². The lowest BCUT2D eigenvalue weighted by molar-refractivity contribution is -0.121. The number of hydrogen-bond donors (Lipinski definition) is 2. The zero-order valence-electron chi connectivity index (χ0n) is 9.01. The van der Waals surface area contributed by atoms with Gasteiger partial charge in [0.2, 0.25) is 5.91 Å². The molecule has 1 aliphatic heterocycles. The van der Waals surface area contributed by atoms with Crippen molar-refractivity contribution in [1.82, 2.24) is 10.6 Å². The smallest absolute Gasteiger partial charge is 0.234 e. The van der Waals surface area contributed by atoms with Gasteiger partial charge in [0.15, 0.2) is 0 Å². The van der Waals surface area contributed by atoms with Crippen LogP contribution in [0.4, 0.5) is 0 Å². The monoisotopic (exact) mass is 200 g/mol. The van der Waals surface area contributed by atoms with Crippen molar-refractivity contribution in [1.29, 1.82) is 0 Å². The van der Waals surface area contributed by atoms with E-state index in [0.29, 0.717) is 6.54 Å². The second-order valence-corrected chi connectivity index (χ2v) is 3.66. The molecule has 2 N–H and O–H groups in total. The second kappa shape index (κ2) is 5.98. The number of amides is 1. The highest BCUT2D eigenvalue weighted by atomic mass is 16.5. The van der Waals surface area contributed by atoms with Crippen molar-refractivity contribution < 1.29 is 9.53 Å². The minimum absolute atomic E-state index is 0.0508. The Morgan fingerprint density at radius 2 is 2.43 bits per heavy atom. The molecule has 82 valence electrons. The molecule has 1 rings (SSSR count). The summed E-state index contributed by atoms with van der Waals surface area (Å²) in [7, 11) is 1.77. The Kier molecular flexibility index (Phi) is 4.90. The molecule has 0 aromatic carbocycles. The minimum atomic E-state index is 0.0508. The molecule has 0 aliphatic carbocycles. The Morgan fingerprint density at radius 1 is 1.64 bits per heavy atom. The lowest BCUT2D eigenvalue weighted by Gasteiger charge is -2.22. The van der Waals surface area contributed by atoms with Crippen molar-refractivity contribution in [3.05, 3.63) is 0 Å². The van der Waals surface area contributed by atoms with Crippen LogP contribution in [-0.2, 0) is 9.53 Å². The Morgan fingerprint density at radius 3 is 2.93 bits per heavy atom. The molecule has 1 aliphatic rings. The molecule has 0 aromatic heterocycles. The summed E-state index contributed by atoms with van der Waals surface area (Å²) in [6, 6.07) is 0.179. The predicted octanol–water partition coefficient (Wildman–Crippen LogP) is 0.280. The zero-order chi connectivity index (χ0) is 10.4. The van der Waals surface area contributed by atoms with Gasteiger partial charge in [-0.1, -0.05) is 6.92 Å². The highest BCUT2D eigenvalue weighted by Crippen LogP contribution is 2.17. The third-order valence-corrected chi connectivity index (χ3v) is 2.54. The van der Waals surface area contributed by atoms with Crippen molar-refractivity contribution >= 4 is 5.91 Å². The maximum Gasteiger partial charge on any atom is 0.234 e. The van der Waals surface area contributed by atoms with Crippen LogP contribution in [0.25, 0.3) is 0 Å². The Hall–Kier alpha value is -0.610. The van der Waals surface area contributed by atoms with E-state index in [9.17, 15) is 4.79 Å². The van der Waals surface area contributed by atoms with Gasteiger partial charge in [-0.05, 0) is 26.3 Å². The summed E-state index contributed by atoms with van der Waals surface area (Å²) in [5.41, 5.74) is 0. The van der Waals surface area contributed by atoms with Gasteiger partial charge in [0.05, 0.1) is 18.7 Å². The topological polar surface area (TPSA) is 50.4 Å². The van der Waals surface area contributed by atoms with Gasteiger partial charge in [0.25, 0.3) is 0 Å². The van der Waals surface area contributed by atoms with Gasteiger partial charge < -0.3 is 15.4 Å². The Bertz CT molecular complexity index is 179. The van der Waals surface area contributed by atoms with E-state index in [1.54, 1.807) is 7.05 Å². The average Bonchev–Trinajstić information content (AvgIpc) is 2.67. The van der Waals surface area contributed by atoms with Gasteiger partial charge in [-0.2, -0.15) is 0 Å². The van der Waals surface area contributed by atoms with Crippen LogP contribution in [0.15, 0.2) is 0 Å². The molecule has 0 aromatic rings. The van der Waals surface area contributed by atoms with Gasteiger partial charge >= 0.3 is 0 Å². The maximum absolute atomic E-state index is 11.3. The molecule has 1 fully saturated rings. The van der Waals surface area contributed by atoms with Gasteiger partial charge in [0, 0.05) is 6.61 Å².